The Morgan fingerprint density at radius 3 is 2.04 bits per heavy atom. The lowest BCUT2D eigenvalue weighted by molar-refractivity contribution is -0.116. The molecule has 0 saturated carbocycles. The number of benzene rings is 2. The molecular weight excluding hydrogens is 366 g/mol. The van der Waals surface area contributed by atoms with Gasteiger partial charge in [0.05, 0.1) is 11.4 Å². The van der Waals surface area contributed by atoms with E-state index in [0.717, 1.165) is 9.87 Å². The van der Waals surface area contributed by atoms with Gasteiger partial charge in [-0.15, -0.1) is 0 Å². The van der Waals surface area contributed by atoms with Crippen molar-refractivity contribution in [2.75, 3.05) is 18.9 Å². The van der Waals surface area contributed by atoms with Gasteiger partial charge in [-0.3, -0.25) is 9.59 Å². The van der Waals surface area contributed by atoms with Crippen molar-refractivity contribution in [1.82, 2.24) is 4.31 Å². The molecule has 2 rings (SSSR count). The fourth-order valence-corrected chi connectivity index (χ4v) is 4.47. The number of nitrogens with one attached hydrogen (secondary N) is 1. The monoisotopic (exact) mass is 389 g/mol. The van der Waals surface area contributed by atoms with Crippen LogP contribution in [0, 0.1) is 20.8 Å². The molecular formula is C19H23N3O4S. The Bertz CT molecular complexity index is 960. The number of hydrogen-bond acceptors (Lipinski definition) is 4. The molecule has 0 aliphatic rings. The standard InChI is InChI=1S/C19H23N3O4S/c1-12-9-13(2)18(14(3)10-12)27(25,26)22(4)11-17(23)21-16-7-5-15(6-8-16)19(20)24/h5-10H,11H2,1-4H3,(H2,20,24)(H,21,23). The zero-order chi connectivity index (χ0) is 20.4. The average molecular weight is 389 g/mol. The molecule has 2 aromatic carbocycles. The van der Waals surface area contributed by atoms with Crippen LogP contribution in [0.15, 0.2) is 41.3 Å². The van der Waals surface area contributed by atoms with Gasteiger partial charge in [0.1, 0.15) is 0 Å². The third-order valence-corrected chi connectivity index (χ3v) is 6.20. The third-order valence-electron chi connectivity index (χ3n) is 4.09. The number of carbonyl (C=O) groups is 2. The van der Waals surface area contributed by atoms with Gasteiger partial charge >= 0.3 is 0 Å². The van der Waals surface area contributed by atoms with E-state index in [-0.39, 0.29) is 11.4 Å². The molecule has 0 bridgehead atoms. The number of carbonyl (C=O) groups excluding carboxylic acids is 2. The maximum Gasteiger partial charge on any atom is 0.248 e. The molecule has 27 heavy (non-hydrogen) atoms. The van der Waals surface area contributed by atoms with Crippen molar-refractivity contribution in [3.63, 3.8) is 0 Å². The molecule has 0 radical (unpaired) electrons. The second kappa shape index (κ2) is 7.89. The maximum absolute atomic E-state index is 12.9. The Balaban J connectivity index is 2.14. The average Bonchev–Trinajstić information content (AvgIpc) is 2.53. The van der Waals surface area contributed by atoms with E-state index in [1.54, 1.807) is 26.0 Å². The molecule has 0 saturated heterocycles. The van der Waals surface area contributed by atoms with Gasteiger partial charge in [-0.2, -0.15) is 4.31 Å². The molecule has 0 unspecified atom stereocenters. The van der Waals surface area contributed by atoms with Crippen LogP contribution in [0.2, 0.25) is 0 Å². The van der Waals surface area contributed by atoms with Crippen LogP contribution in [0.5, 0.6) is 0 Å². The molecule has 0 aliphatic heterocycles. The van der Waals surface area contributed by atoms with Crippen molar-refractivity contribution in [2.24, 2.45) is 5.73 Å². The molecule has 144 valence electrons. The Morgan fingerprint density at radius 1 is 1.04 bits per heavy atom. The highest BCUT2D eigenvalue weighted by Crippen LogP contribution is 2.24. The van der Waals surface area contributed by atoms with Crippen molar-refractivity contribution in [2.45, 2.75) is 25.7 Å². The number of anilines is 1. The number of nitrogens with zero attached hydrogens (tertiary/aromatic N) is 1. The SMILES string of the molecule is Cc1cc(C)c(S(=O)(=O)N(C)CC(=O)Nc2ccc(C(N)=O)cc2)c(C)c1. The quantitative estimate of drug-likeness (QED) is 0.787. The van der Waals surface area contributed by atoms with Crippen LogP contribution in [-0.2, 0) is 14.8 Å². The fourth-order valence-electron chi connectivity index (χ4n) is 2.94. The lowest BCUT2D eigenvalue weighted by Crippen LogP contribution is -2.35. The first-order valence-electron chi connectivity index (χ1n) is 8.26. The summed E-state index contributed by atoms with van der Waals surface area (Å²) in [6.07, 6.45) is 0. The highest BCUT2D eigenvalue weighted by atomic mass is 32.2. The summed E-state index contributed by atoms with van der Waals surface area (Å²) in [4.78, 5) is 23.5. The molecule has 7 nitrogen and oxygen atoms in total. The van der Waals surface area contributed by atoms with Crippen LogP contribution in [0.1, 0.15) is 27.0 Å². The van der Waals surface area contributed by atoms with Crippen LogP contribution in [-0.4, -0.2) is 38.1 Å². The van der Waals surface area contributed by atoms with Crippen molar-refractivity contribution in [3.05, 3.63) is 58.7 Å². The second-order valence-electron chi connectivity index (χ2n) is 6.48. The van der Waals surface area contributed by atoms with Gasteiger partial charge in [-0.25, -0.2) is 8.42 Å². The number of sulfonamides is 1. The minimum atomic E-state index is -3.81. The number of nitrogens with two attached hydrogens (primary N) is 1. The minimum Gasteiger partial charge on any atom is -0.366 e. The van der Waals surface area contributed by atoms with E-state index in [1.165, 1.54) is 31.3 Å². The first-order valence-corrected chi connectivity index (χ1v) is 9.70. The molecule has 2 amide bonds. The van der Waals surface area contributed by atoms with E-state index < -0.39 is 21.8 Å². The predicted octanol–water partition coefficient (Wildman–Crippen LogP) is 1.97. The fraction of sp³-hybridized carbons (Fsp3) is 0.263. The highest BCUT2D eigenvalue weighted by molar-refractivity contribution is 7.89. The summed E-state index contributed by atoms with van der Waals surface area (Å²) in [6, 6.07) is 9.62. The second-order valence-corrected chi connectivity index (χ2v) is 8.46. The van der Waals surface area contributed by atoms with Crippen LogP contribution in [0.25, 0.3) is 0 Å². The van der Waals surface area contributed by atoms with Crippen LogP contribution >= 0.6 is 0 Å². The number of aryl methyl sites for hydroxylation is 3. The smallest absolute Gasteiger partial charge is 0.248 e. The summed E-state index contributed by atoms with van der Waals surface area (Å²) in [5.41, 5.74) is 8.19. The molecule has 8 heteroatoms. The molecule has 0 aromatic heterocycles. The number of rotatable bonds is 6. The molecule has 0 fully saturated rings. The van der Waals surface area contributed by atoms with E-state index in [2.05, 4.69) is 5.32 Å². The molecule has 0 spiro atoms. The Hall–Kier alpha value is -2.71. The lowest BCUT2D eigenvalue weighted by Gasteiger charge is -2.20. The Morgan fingerprint density at radius 2 is 1.56 bits per heavy atom. The van der Waals surface area contributed by atoms with Crippen LogP contribution < -0.4 is 11.1 Å². The number of likely N-dealkylation sites (N-methyl/N-ethyl adjacent to an activating group) is 1. The summed E-state index contributed by atoms with van der Waals surface area (Å²) >= 11 is 0. The molecule has 0 atom stereocenters. The zero-order valence-corrected chi connectivity index (χ0v) is 16.6. The first-order chi connectivity index (χ1) is 12.5. The summed E-state index contributed by atoms with van der Waals surface area (Å²) in [7, 11) is -2.45. The summed E-state index contributed by atoms with van der Waals surface area (Å²) in [5.74, 6) is -1.06. The molecule has 3 N–H and O–H groups in total. The van der Waals surface area contributed by atoms with Gasteiger partial charge in [-0.1, -0.05) is 17.7 Å². The summed E-state index contributed by atoms with van der Waals surface area (Å²) in [6.45, 7) is 5.03. The number of hydrogen-bond donors (Lipinski definition) is 2. The van der Waals surface area contributed by atoms with E-state index in [4.69, 9.17) is 5.73 Å². The maximum atomic E-state index is 12.9. The van der Waals surface area contributed by atoms with Gasteiger partial charge in [0.15, 0.2) is 0 Å². The topological polar surface area (TPSA) is 110 Å². The molecule has 2 aromatic rings. The lowest BCUT2D eigenvalue weighted by atomic mass is 10.1. The van der Waals surface area contributed by atoms with Crippen LogP contribution in [0.4, 0.5) is 5.69 Å². The Kier molecular flexibility index (Phi) is 6.02. The molecule has 0 aliphatic carbocycles. The Labute approximate surface area is 159 Å². The highest BCUT2D eigenvalue weighted by Gasteiger charge is 2.26. The summed E-state index contributed by atoms with van der Waals surface area (Å²) in [5, 5.41) is 2.60. The van der Waals surface area contributed by atoms with Gasteiger partial charge in [-0.05, 0) is 56.2 Å². The molecule has 0 heterocycles. The van der Waals surface area contributed by atoms with Crippen molar-refractivity contribution >= 4 is 27.5 Å². The van der Waals surface area contributed by atoms with Gasteiger partial charge in [0.2, 0.25) is 21.8 Å². The number of amides is 2. The van der Waals surface area contributed by atoms with Crippen molar-refractivity contribution in [1.29, 1.82) is 0 Å². The van der Waals surface area contributed by atoms with Gasteiger partial charge in [0, 0.05) is 18.3 Å². The van der Waals surface area contributed by atoms with E-state index in [0.29, 0.717) is 22.4 Å². The van der Waals surface area contributed by atoms with Crippen LogP contribution in [0.3, 0.4) is 0 Å². The van der Waals surface area contributed by atoms with Gasteiger partial charge in [0.25, 0.3) is 0 Å². The zero-order valence-electron chi connectivity index (χ0n) is 15.7. The van der Waals surface area contributed by atoms with E-state index in [9.17, 15) is 18.0 Å². The first kappa shape index (κ1) is 20.6. The van der Waals surface area contributed by atoms with E-state index in [1.807, 2.05) is 6.92 Å². The normalized spacial score (nSPS) is 11.4. The van der Waals surface area contributed by atoms with Crippen molar-refractivity contribution < 1.29 is 18.0 Å². The van der Waals surface area contributed by atoms with Gasteiger partial charge < -0.3 is 11.1 Å². The van der Waals surface area contributed by atoms with Crippen molar-refractivity contribution in [3.8, 4) is 0 Å². The summed E-state index contributed by atoms with van der Waals surface area (Å²) < 4.78 is 26.8. The number of primary amides is 1. The minimum absolute atomic E-state index is 0.217. The van der Waals surface area contributed by atoms with E-state index >= 15 is 0 Å². The largest absolute Gasteiger partial charge is 0.366 e. The third kappa shape index (κ3) is 4.72. The predicted molar refractivity (Wildman–Crippen MR) is 104 cm³/mol.